The van der Waals surface area contributed by atoms with Crippen molar-refractivity contribution in [2.24, 2.45) is 9.98 Å². The van der Waals surface area contributed by atoms with E-state index < -0.39 is 0 Å². The second-order valence-electron chi connectivity index (χ2n) is 13.9. The average Bonchev–Trinajstić information content (AvgIpc) is 3.64. The van der Waals surface area contributed by atoms with E-state index in [1.165, 1.54) is 49.7 Å². The van der Waals surface area contributed by atoms with Gasteiger partial charge in [-0.3, -0.25) is 5.41 Å². The fourth-order valence-electron chi connectivity index (χ4n) is 7.70. The Labute approximate surface area is 303 Å². The summed E-state index contributed by atoms with van der Waals surface area (Å²) in [4.78, 5) is 9.58. The smallest absolute Gasteiger partial charge is 0.161 e. The molecule has 0 atom stereocenters. The third kappa shape index (κ3) is 5.37. The Kier molecular flexibility index (Phi) is 7.59. The molecule has 9 rings (SSSR count). The highest BCUT2D eigenvalue weighted by atomic mass is 15.0. The summed E-state index contributed by atoms with van der Waals surface area (Å²) in [6.45, 7) is 4.68. The van der Waals surface area contributed by atoms with Gasteiger partial charge in [0, 0.05) is 39.2 Å². The molecule has 8 aromatic rings. The van der Waals surface area contributed by atoms with Crippen LogP contribution in [0.1, 0.15) is 41.7 Å². The molecule has 0 radical (unpaired) electrons. The van der Waals surface area contributed by atoms with Crippen molar-refractivity contribution in [1.29, 1.82) is 5.41 Å². The second kappa shape index (κ2) is 12.6. The molecule has 1 aliphatic rings. The van der Waals surface area contributed by atoms with Gasteiger partial charge in [-0.05, 0) is 69.3 Å². The van der Waals surface area contributed by atoms with E-state index in [0.29, 0.717) is 5.84 Å². The molecule has 0 fully saturated rings. The molecular formula is C48H36N4. The highest BCUT2D eigenvalue weighted by Crippen LogP contribution is 2.51. The summed E-state index contributed by atoms with van der Waals surface area (Å²) >= 11 is 0. The minimum atomic E-state index is -0.119. The van der Waals surface area contributed by atoms with E-state index in [1.807, 2.05) is 66.9 Å². The van der Waals surface area contributed by atoms with Crippen molar-refractivity contribution in [2.75, 3.05) is 0 Å². The van der Waals surface area contributed by atoms with Gasteiger partial charge >= 0.3 is 0 Å². The van der Waals surface area contributed by atoms with Gasteiger partial charge < -0.3 is 4.57 Å². The number of aliphatic imine (C=N–C) groups is 2. The van der Waals surface area contributed by atoms with Crippen LogP contribution in [0.3, 0.4) is 0 Å². The number of fused-ring (bicyclic) bond motifs is 6. The van der Waals surface area contributed by atoms with Crippen molar-refractivity contribution in [1.82, 2.24) is 4.57 Å². The second-order valence-corrected chi connectivity index (χ2v) is 13.9. The lowest BCUT2D eigenvalue weighted by atomic mass is 9.82. The summed E-state index contributed by atoms with van der Waals surface area (Å²) in [6, 6.07) is 59.1. The first-order valence-corrected chi connectivity index (χ1v) is 17.7. The molecular weight excluding hydrogens is 633 g/mol. The number of benzene rings is 7. The summed E-state index contributed by atoms with van der Waals surface area (Å²) in [6.07, 6.45) is 1.86. The van der Waals surface area contributed by atoms with E-state index in [-0.39, 0.29) is 11.3 Å². The largest absolute Gasteiger partial charge is 0.309 e. The van der Waals surface area contributed by atoms with Crippen molar-refractivity contribution in [3.05, 3.63) is 198 Å². The van der Waals surface area contributed by atoms with Gasteiger partial charge in [0.25, 0.3) is 0 Å². The van der Waals surface area contributed by atoms with Gasteiger partial charge in [-0.1, -0.05) is 153 Å². The lowest BCUT2D eigenvalue weighted by molar-refractivity contribution is 0.661. The molecule has 1 aromatic heterocycles. The SMILES string of the molecule is CC1(C)c2ccccc2-c2cc3c4ccc(-c5ccccc5)cc4n(-c4cccc(C=NC(=NC(=N)c5ccccc5)c5ccccc5)c4)c3cc21. The van der Waals surface area contributed by atoms with E-state index in [0.717, 1.165) is 27.9 Å². The van der Waals surface area contributed by atoms with Crippen LogP contribution in [0.25, 0.3) is 49.7 Å². The van der Waals surface area contributed by atoms with Crippen LogP contribution in [0.4, 0.5) is 0 Å². The summed E-state index contributed by atoms with van der Waals surface area (Å²) in [5.74, 6) is 0.657. The van der Waals surface area contributed by atoms with Gasteiger partial charge in [-0.25, -0.2) is 9.98 Å². The van der Waals surface area contributed by atoms with Crippen LogP contribution in [-0.2, 0) is 5.41 Å². The van der Waals surface area contributed by atoms with Crippen molar-refractivity contribution < 1.29 is 0 Å². The quantitative estimate of drug-likeness (QED) is 0.140. The fraction of sp³-hybridized carbons (Fsp3) is 0.0625. The minimum absolute atomic E-state index is 0.119. The van der Waals surface area contributed by atoms with E-state index in [4.69, 9.17) is 10.4 Å². The molecule has 4 nitrogen and oxygen atoms in total. The Morgan fingerprint density at radius 3 is 2.00 bits per heavy atom. The van der Waals surface area contributed by atoms with Crippen LogP contribution in [0.5, 0.6) is 0 Å². The molecule has 52 heavy (non-hydrogen) atoms. The van der Waals surface area contributed by atoms with E-state index in [9.17, 15) is 0 Å². The Balaban J connectivity index is 1.21. The molecule has 1 N–H and O–H groups in total. The first-order valence-electron chi connectivity index (χ1n) is 17.7. The molecule has 0 saturated carbocycles. The minimum Gasteiger partial charge on any atom is -0.309 e. The Hall–Kier alpha value is -6.65. The molecule has 0 aliphatic heterocycles. The first-order chi connectivity index (χ1) is 25.5. The lowest BCUT2D eigenvalue weighted by Crippen LogP contribution is -2.14. The Morgan fingerprint density at radius 2 is 1.23 bits per heavy atom. The van der Waals surface area contributed by atoms with Gasteiger partial charge in [0.15, 0.2) is 11.7 Å². The normalized spacial score (nSPS) is 13.5. The first kappa shape index (κ1) is 31.3. The summed E-state index contributed by atoms with van der Waals surface area (Å²) in [7, 11) is 0. The molecule has 0 saturated heterocycles. The summed E-state index contributed by atoms with van der Waals surface area (Å²) in [5, 5.41) is 11.2. The van der Waals surface area contributed by atoms with Crippen molar-refractivity contribution in [3.8, 4) is 27.9 Å². The number of nitrogens with zero attached hydrogens (tertiary/aromatic N) is 3. The van der Waals surface area contributed by atoms with Crippen molar-refractivity contribution in [3.63, 3.8) is 0 Å². The predicted octanol–water partition coefficient (Wildman–Crippen LogP) is 11.6. The number of aromatic nitrogens is 1. The number of nitrogens with one attached hydrogen (secondary N) is 1. The van der Waals surface area contributed by atoms with Gasteiger partial charge in [-0.2, -0.15) is 0 Å². The zero-order valence-electron chi connectivity index (χ0n) is 29.1. The maximum absolute atomic E-state index is 8.71. The number of hydrogen-bond donors (Lipinski definition) is 1. The monoisotopic (exact) mass is 668 g/mol. The molecule has 0 spiro atoms. The Morgan fingerprint density at radius 1 is 0.558 bits per heavy atom. The molecule has 0 amide bonds. The molecule has 0 bridgehead atoms. The highest BCUT2D eigenvalue weighted by molar-refractivity contribution is 6.14. The van der Waals surface area contributed by atoms with Crippen LogP contribution in [0.15, 0.2) is 180 Å². The van der Waals surface area contributed by atoms with Crippen LogP contribution in [0.2, 0.25) is 0 Å². The number of amidine groups is 2. The van der Waals surface area contributed by atoms with E-state index >= 15 is 0 Å². The molecule has 1 heterocycles. The van der Waals surface area contributed by atoms with Gasteiger partial charge in [0.2, 0.25) is 0 Å². The maximum Gasteiger partial charge on any atom is 0.161 e. The van der Waals surface area contributed by atoms with Crippen molar-refractivity contribution >= 4 is 39.7 Å². The van der Waals surface area contributed by atoms with E-state index in [1.54, 1.807) is 0 Å². The number of rotatable bonds is 5. The van der Waals surface area contributed by atoms with Gasteiger partial charge in [0.1, 0.15) is 0 Å². The zero-order valence-corrected chi connectivity index (χ0v) is 29.1. The van der Waals surface area contributed by atoms with E-state index in [2.05, 4.69) is 133 Å². The number of hydrogen-bond acceptors (Lipinski definition) is 1. The van der Waals surface area contributed by atoms with Crippen LogP contribution in [0, 0.1) is 5.41 Å². The fourth-order valence-corrected chi connectivity index (χ4v) is 7.70. The lowest BCUT2D eigenvalue weighted by Gasteiger charge is -2.21. The van der Waals surface area contributed by atoms with Crippen LogP contribution in [-0.4, -0.2) is 22.5 Å². The standard InChI is InChI=1S/C48H36N4/c1-48(2)42-24-13-12-23-38(42)40-29-41-39-26-25-36(33-16-6-3-7-17-33)28-44(39)52(45(41)30-43(40)48)37-22-14-15-32(27-37)31-50-47(35-20-10-5-11-21-35)51-46(49)34-18-8-4-9-19-34/h3-31,49H,1-2H3. The molecule has 248 valence electrons. The third-order valence-corrected chi connectivity index (χ3v) is 10.3. The summed E-state index contributed by atoms with van der Waals surface area (Å²) in [5.41, 5.74) is 13.5. The topological polar surface area (TPSA) is 53.5 Å². The van der Waals surface area contributed by atoms with Gasteiger partial charge in [0.05, 0.1) is 11.0 Å². The van der Waals surface area contributed by atoms with Crippen LogP contribution >= 0.6 is 0 Å². The zero-order chi connectivity index (χ0) is 35.2. The van der Waals surface area contributed by atoms with Crippen molar-refractivity contribution in [2.45, 2.75) is 19.3 Å². The average molecular weight is 669 g/mol. The highest BCUT2D eigenvalue weighted by Gasteiger charge is 2.36. The maximum atomic E-state index is 8.71. The molecule has 1 aliphatic carbocycles. The molecule has 4 heteroatoms. The Bertz CT molecular complexity index is 2700. The van der Waals surface area contributed by atoms with Crippen LogP contribution < -0.4 is 0 Å². The summed E-state index contributed by atoms with van der Waals surface area (Å²) < 4.78 is 2.41. The molecule has 0 unspecified atom stereocenters. The predicted molar refractivity (Wildman–Crippen MR) is 218 cm³/mol. The third-order valence-electron chi connectivity index (χ3n) is 10.3. The molecule has 7 aromatic carbocycles. The van der Waals surface area contributed by atoms with Gasteiger partial charge in [-0.15, -0.1) is 0 Å².